The highest BCUT2D eigenvalue weighted by Crippen LogP contribution is 2.23. The highest BCUT2D eigenvalue weighted by molar-refractivity contribution is 7.89. The molecule has 1 amide bonds. The lowest BCUT2D eigenvalue weighted by Gasteiger charge is -2.16. The SMILES string of the molecule is CC(C)n1ncc2cc(NC(=O)c3cccc(S(=O)(=O)N4CCCC4)c3)cnc21. The fourth-order valence-corrected chi connectivity index (χ4v) is 5.03. The van der Waals surface area contributed by atoms with E-state index in [1.807, 2.05) is 18.5 Å². The number of nitrogens with one attached hydrogen (secondary N) is 1. The molecule has 1 aromatic carbocycles. The quantitative estimate of drug-likeness (QED) is 0.693. The molecule has 3 heterocycles. The van der Waals surface area contributed by atoms with E-state index >= 15 is 0 Å². The Labute approximate surface area is 169 Å². The van der Waals surface area contributed by atoms with Crippen LogP contribution >= 0.6 is 0 Å². The Hall–Kier alpha value is -2.78. The van der Waals surface area contributed by atoms with Crippen LogP contribution in [-0.4, -0.2) is 46.5 Å². The zero-order valence-corrected chi connectivity index (χ0v) is 17.2. The van der Waals surface area contributed by atoms with Crippen molar-refractivity contribution in [3.05, 3.63) is 48.3 Å². The summed E-state index contributed by atoms with van der Waals surface area (Å²) in [6.45, 7) is 5.09. The molecule has 0 saturated carbocycles. The van der Waals surface area contributed by atoms with E-state index in [9.17, 15) is 13.2 Å². The molecule has 8 nitrogen and oxygen atoms in total. The molecule has 0 aliphatic carbocycles. The van der Waals surface area contributed by atoms with Crippen LogP contribution in [0.15, 0.2) is 47.6 Å². The van der Waals surface area contributed by atoms with Crippen molar-refractivity contribution < 1.29 is 13.2 Å². The highest BCUT2D eigenvalue weighted by Gasteiger charge is 2.27. The summed E-state index contributed by atoms with van der Waals surface area (Å²) in [6, 6.07) is 8.12. The number of rotatable bonds is 5. The van der Waals surface area contributed by atoms with E-state index in [1.165, 1.54) is 16.4 Å². The topological polar surface area (TPSA) is 97.2 Å². The molecule has 0 unspecified atom stereocenters. The van der Waals surface area contributed by atoms with Gasteiger partial charge in [0.1, 0.15) is 0 Å². The van der Waals surface area contributed by atoms with E-state index in [2.05, 4.69) is 15.4 Å². The molecule has 0 atom stereocenters. The third-order valence-corrected chi connectivity index (χ3v) is 6.87. The van der Waals surface area contributed by atoms with Gasteiger partial charge >= 0.3 is 0 Å². The molecule has 1 aliphatic heterocycles. The number of aromatic nitrogens is 3. The van der Waals surface area contributed by atoms with Crippen molar-refractivity contribution in [1.29, 1.82) is 0 Å². The highest BCUT2D eigenvalue weighted by atomic mass is 32.2. The normalized spacial score (nSPS) is 15.3. The van der Waals surface area contributed by atoms with Crippen LogP contribution < -0.4 is 5.32 Å². The lowest BCUT2D eigenvalue weighted by atomic mass is 10.2. The second-order valence-corrected chi connectivity index (χ2v) is 9.35. The van der Waals surface area contributed by atoms with Gasteiger partial charge in [0.2, 0.25) is 10.0 Å². The minimum atomic E-state index is -3.57. The van der Waals surface area contributed by atoms with Crippen molar-refractivity contribution in [3.8, 4) is 0 Å². The fourth-order valence-electron chi connectivity index (χ4n) is 3.46. The summed E-state index contributed by atoms with van der Waals surface area (Å²) < 4.78 is 28.8. The van der Waals surface area contributed by atoms with Crippen molar-refractivity contribution >= 4 is 32.7 Å². The van der Waals surface area contributed by atoms with E-state index in [0.717, 1.165) is 23.9 Å². The van der Waals surface area contributed by atoms with Crippen molar-refractivity contribution in [2.45, 2.75) is 37.6 Å². The summed E-state index contributed by atoms with van der Waals surface area (Å²) in [4.78, 5) is 17.2. The van der Waals surface area contributed by atoms with Gasteiger partial charge in [-0.25, -0.2) is 18.1 Å². The van der Waals surface area contributed by atoms with E-state index in [-0.39, 0.29) is 22.4 Å². The summed E-state index contributed by atoms with van der Waals surface area (Å²) in [7, 11) is -3.57. The Morgan fingerprint density at radius 3 is 2.62 bits per heavy atom. The second kappa shape index (κ2) is 7.57. The van der Waals surface area contributed by atoms with Gasteiger partial charge in [-0.2, -0.15) is 9.40 Å². The summed E-state index contributed by atoms with van der Waals surface area (Å²) >= 11 is 0. The van der Waals surface area contributed by atoms with Gasteiger partial charge in [-0.1, -0.05) is 6.07 Å². The number of pyridine rings is 1. The molecule has 0 bridgehead atoms. The molecule has 0 radical (unpaired) electrons. The van der Waals surface area contributed by atoms with E-state index in [1.54, 1.807) is 30.6 Å². The van der Waals surface area contributed by atoms with Gasteiger partial charge in [0.05, 0.1) is 23.0 Å². The molecule has 1 aliphatic rings. The number of anilines is 1. The van der Waals surface area contributed by atoms with Crippen LogP contribution in [0.4, 0.5) is 5.69 Å². The van der Waals surface area contributed by atoms with E-state index < -0.39 is 10.0 Å². The first-order valence-corrected chi connectivity index (χ1v) is 11.0. The third kappa shape index (κ3) is 3.75. The van der Waals surface area contributed by atoms with E-state index in [4.69, 9.17) is 0 Å². The van der Waals surface area contributed by atoms with Gasteiger partial charge in [-0.15, -0.1) is 0 Å². The summed E-state index contributed by atoms with van der Waals surface area (Å²) in [5.74, 6) is -0.388. The lowest BCUT2D eigenvalue weighted by molar-refractivity contribution is 0.102. The second-order valence-electron chi connectivity index (χ2n) is 7.41. The van der Waals surface area contributed by atoms with Crippen LogP contribution in [0.25, 0.3) is 11.0 Å². The molecule has 0 spiro atoms. The third-order valence-electron chi connectivity index (χ3n) is 4.98. The Bertz CT molecular complexity index is 1160. The summed E-state index contributed by atoms with van der Waals surface area (Å²) in [5.41, 5.74) is 1.55. The Balaban J connectivity index is 1.57. The molecule has 4 rings (SSSR count). The minimum absolute atomic E-state index is 0.138. The molecule has 29 heavy (non-hydrogen) atoms. The monoisotopic (exact) mass is 413 g/mol. The average molecular weight is 414 g/mol. The Morgan fingerprint density at radius 2 is 1.90 bits per heavy atom. The Kier molecular flexibility index (Phi) is 5.10. The summed E-state index contributed by atoms with van der Waals surface area (Å²) in [5, 5.41) is 7.93. The first-order valence-electron chi connectivity index (χ1n) is 9.61. The number of sulfonamides is 1. The van der Waals surface area contributed by atoms with Gasteiger partial charge in [-0.05, 0) is 51.0 Å². The van der Waals surface area contributed by atoms with Crippen LogP contribution in [-0.2, 0) is 10.0 Å². The molecule has 2 aromatic heterocycles. The van der Waals surface area contributed by atoms with Crippen molar-refractivity contribution in [2.75, 3.05) is 18.4 Å². The molecule has 1 fully saturated rings. The van der Waals surface area contributed by atoms with Gasteiger partial charge in [0, 0.05) is 30.1 Å². The number of fused-ring (bicyclic) bond motifs is 1. The van der Waals surface area contributed by atoms with Crippen LogP contribution in [0.3, 0.4) is 0 Å². The largest absolute Gasteiger partial charge is 0.321 e. The van der Waals surface area contributed by atoms with Crippen molar-refractivity contribution in [1.82, 2.24) is 19.1 Å². The maximum atomic E-state index is 12.7. The number of amides is 1. The average Bonchev–Trinajstić information content (AvgIpc) is 3.38. The molecule has 1 N–H and O–H groups in total. The van der Waals surface area contributed by atoms with Crippen molar-refractivity contribution in [2.24, 2.45) is 0 Å². The standard InChI is InChI=1S/C20H23N5O3S/c1-14(2)25-19-16(12-22-25)10-17(13-21-19)23-20(26)15-6-5-7-18(11-15)29(27,28)24-8-3-4-9-24/h5-7,10-14H,3-4,8-9H2,1-2H3,(H,23,26). The van der Waals surface area contributed by atoms with Crippen molar-refractivity contribution in [3.63, 3.8) is 0 Å². The first-order chi connectivity index (χ1) is 13.9. The smallest absolute Gasteiger partial charge is 0.255 e. The predicted molar refractivity (Wildman–Crippen MR) is 110 cm³/mol. The molecule has 152 valence electrons. The predicted octanol–water partition coefficient (Wildman–Crippen LogP) is 3.05. The van der Waals surface area contributed by atoms with Crippen LogP contribution in [0.5, 0.6) is 0 Å². The Morgan fingerprint density at radius 1 is 1.14 bits per heavy atom. The van der Waals surface area contributed by atoms with Gasteiger partial charge < -0.3 is 5.32 Å². The number of carbonyl (C=O) groups excluding carboxylic acids is 1. The van der Waals surface area contributed by atoms with Gasteiger partial charge in [0.15, 0.2) is 5.65 Å². The number of hydrogen-bond donors (Lipinski definition) is 1. The van der Waals surface area contributed by atoms with Crippen LogP contribution in [0.1, 0.15) is 43.1 Å². The van der Waals surface area contributed by atoms with Gasteiger partial charge in [0.25, 0.3) is 5.91 Å². The van der Waals surface area contributed by atoms with E-state index in [0.29, 0.717) is 18.8 Å². The molecular weight excluding hydrogens is 390 g/mol. The molecular formula is C20H23N5O3S. The zero-order valence-electron chi connectivity index (χ0n) is 16.4. The number of nitrogens with zero attached hydrogens (tertiary/aromatic N) is 4. The molecule has 9 heteroatoms. The number of hydrogen-bond acceptors (Lipinski definition) is 5. The molecule has 3 aromatic rings. The minimum Gasteiger partial charge on any atom is -0.321 e. The zero-order chi connectivity index (χ0) is 20.6. The number of carbonyl (C=O) groups is 1. The lowest BCUT2D eigenvalue weighted by Crippen LogP contribution is -2.28. The maximum Gasteiger partial charge on any atom is 0.255 e. The molecule has 1 saturated heterocycles. The van der Waals surface area contributed by atoms with Gasteiger partial charge in [-0.3, -0.25) is 4.79 Å². The number of benzene rings is 1. The maximum absolute atomic E-state index is 12.7. The van der Waals surface area contributed by atoms with Crippen LogP contribution in [0, 0.1) is 0 Å². The first kappa shape index (κ1) is 19.5. The van der Waals surface area contributed by atoms with Crippen LogP contribution in [0.2, 0.25) is 0 Å². The summed E-state index contributed by atoms with van der Waals surface area (Å²) in [6.07, 6.45) is 5.01. The fraction of sp³-hybridized carbons (Fsp3) is 0.350.